The van der Waals surface area contributed by atoms with Crippen molar-refractivity contribution in [2.45, 2.75) is 39.2 Å². The van der Waals surface area contributed by atoms with Gasteiger partial charge < -0.3 is 24.2 Å². The molecule has 0 bridgehead atoms. The normalized spacial score (nSPS) is 11.4. The Bertz CT molecular complexity index is 736. The van der Waals surface area contributed by atoms with Crippen LogP contribution in [0.15, 0.2) is 29.3 Å². The third-order valence-electron chi connectivity index (χ3n) is 5.03. The highest BCUT2D eigenvalue weighted by Crippen LogP contribution is 2.16. The lowest BCUT2D eigenvalue weighted by Crippen LogP contribution is -2.39. The number of benzene rings is 1. The zero-order valence-electron chi connectivity index (χ0n) is 20.6. The van der Waals surface area contributed by atoms with Gasteiger partial charge in [-0.25, -0.2) is 4.79 Å². The molecular weight excluding hydrogens is 408 g/mol. The Morgan fingerprint density at radius 3 is 2.47 bits per heavy atom. The van der Waals surface area contributed by atoms with Crippen molar-refractivity contribution in [3.63, 3.8) is 0 Å². The largest absolute Gasteiger partial charge is 0.482 e. The summed E-state index contributed by atoms with van der Waals surface area (Å²) in [6, 6.07) is 7.47. The summed E-state index contributed by atoms with van der Waals surface area (Å²) >= 11 is 0. The van der Waals surface area contributed by atoms with Crippen LogP contribution in [0.25, 0.3) is 0 Å². The second-order valence-electron chi connectivity index (χ2n) is 8.08. The number of amides is 1. The van der Waals surface area contributed by atoms with Crippen LogP contribution >= 0.6 is 0 Å². The molecule has 1 amide bonds. The lowest BCUT2D eigenvalue weighted by molar-refractivity contribution is -0.142. The van der Waals surface area contributed by atoms with E-state index in [1.807, 2.05) is 49.1 Å². The molecule has 32 heavy (non-hydrogen) atoms. The van der Waals surface area contributed by atoms with Gasteiger partial charge in [0.2, 0.25) is 5.91 Å². The van der Waals surface area contributed by atoms with Gasteiger partial charge in [-0.2, -0.15) is 0 Å². The van der Waals surface area contributed by atoms with Gasteiger partial charge in [-0.05, 0) is 44.6 Å². The summed E-state index contributed by atoms with van der Waals surface area (Å²) in [7, 11) is 9.01. The van der Waals surface area contributed by atoms with E-state index in [0.29, 0.717) is 25.4 Å². The molecule has 8 heteroatoms. The van der Waals surface area contributed by atoms with Crippen LogP contribution in [-0.2, 0) is 20.9 Å². The molecule has 0 unspecified atom stereocenters. The Hall–Kier alpha value is -2.61. The minimum Gasteiger partial charge on any atom is -0.482 e. The molecule has 1 aromatic rings. The molecule has 0 heterocycles. The number of aliphatic imine (C=N–C) groups is 1. The number of carbonyl (C=O) groups excluding carboxylic acids is 2. The fourth-order valence-electron chi connectivity index (χ4n) is 3.25. The van der Waals surface area contributed by atoms with Crippen molar-refractivity contribution in [1.82, 2.24) is 14.7 Å². The van der Waals surface area contributed by atoms with Crippen molar-refractivity contribution >= 4 is 17.7 Å². The first-order valence-corrected chi connectivity index (χ1v) is 11.2. The molecule has 0 saturated carbocycles. The predicted octanol–water partition coefficient (Wildman–Crippen LogP) is 2.67. The second kappa shape index (κ2) is 15.2. The first-order chi connectivity index (χ1) is 15.3. The fourth-order valence-corrected chi connectivity index (χ4v) is 3.25. The minimum atomic E-state index is -0.434. The first kappa shape index (κ1) is 27.4. The van der Waals surface area contributed by atoms with Crippen molar-refractivity contribution in [3.8, 4) is 5.75 Å². The molecule has 0 saturated heterocycles. The van der Waals surface area contributed by atoms with E-state index < -0.39 is 5.97 Å². The Morgan fingerprint density at radius 1 is 1.09 bits per heavy atom. The molecule has 0 N–H and O–H groups in total. The summed E-state index contributed by atoms with van der Waals surface area (Å²) in [5.74, 6) is 1.32. The number of carbonyl (C=O) groups is 2. The van der Waals surface area contributed by atoms with Crippen LogP contribution in [0.5, 0.6) is 5.75 Å². The predicted molar refractivity (Wildman–Crippen MR) is 128 cm³/mol. The number of likely N-dealkylation sites (N-methyl/N-ethyl adjacent to an activating group) is 1. The molecule has 8 nitrogen and oxygen atoms in total. The van der Waals surface area contributed by atoms with E-state index in [4.69, 9.17) is 4.74 Å². The number of amidine groups is 1. The number of esters is 1. The molecule has 1 aromatic carbocycles. The summed E-state index contributed by atoms with van der Waals surface area (Å²) in [5, 5.41) is 0. The number of hydrogen-bond donors (Lipinski definition) is 0. The highest BCUT2D eigenvalue weighted by molar-refractivity contribution is 5.82. The van der Waals surface area contributed by atoms with Crippen LogP contribution < -0.4 is 4.74 Å². The monoisotopic (exact) mass is 448 g/mol. The van der Waals surface area contributed by atoms with E-state index in [-0.39, 0.29) is 12.5 Å². The first-order valence-electron chi connectivity index (χ1n) is 11.2. The minimum absolute atomic E-state index is 0.0777. The SMILES string of the molecule is CCCCC(=NC)N(C)CCCN(Cc1cccc(OCC(=O)OC)c1)C(=O)CN(C)C. The van der Waals surface area contributed by atoms with E-state index in [1.54, 1.807) is 6.07 Å². The van der Waals surface area contributed by atoms with Gasteiger partial charge >= 0.3 is 5.97 Å². The molecule has 0 aromatic heterocycles. The highest BCUT2D eigenvalue weighted by Gasteiger charge is 2.16. The van der Waals surface area contributed by atoms with E-state index >= 15 is 0 Å². The van der Waals surface area contributed by atoms with Gasteiger partial charge in [0.05, 0.1) is 19.5 Å². The van der Waals surface area contributed by atoms with Gasteiger partial charge in [-0.15, -0.1) is 0 Å². The van der Waals surface area contributed by atoms with Crippen molar-refractivity contribution < 1.29 is 19.1 Å². The van der Waals surface area contributed by atoms with Gasteiger partial charge in [0.15, 0.2) is 6.61 Å². The van der Waals surface area contributed by atoms with Crippen molar-refractivity contribution in [2.75, 3.05) is 61.5 Å². The number of nitrogens with zero attached hydrogens (tertiary/aromatic N) is 4. The molecule has 180 valence electrons. The van der Waals surface area contributed by atoms with Gasteiger partial charge in [0, 0.05) is 40.2 Å². The molecule has 0 spiro atoms. The summed E-state index contributed by atoms with van der Waals surface area (Å²) in [4.78, 5) is 34.5. The number of ether oxygens (including phenoxy) is 2. The van der Waals surface area contributed by atoms with Gasteiger partial charge in [-0.3, -0.25) is 9.79 Å². The smallest absolute Gasteiger partial charge is 0.343 e. The van der Waals surface area contributed by atoms with Crippen LogP contribution in [0.1, 0.15) is 38.2 Å². The van der Waals surface area contributed by atoms with E-state index in [1.165, 1.54) is 7.11 Å². The molecule has 0 aliphatic heterocycles. The average Bonchev–Trinajstić information content (AvgIpc) is 2.77. The zero-order chi connectivity index (χ0) is 23.9. The summed E-state index contributed by atoms with van der Waals surface area (Å²) < 4.78 is 10.1. The van der Waals surface area contributed by atoms with E-state index in [2.05, 4.69) is 28.6 Å². The second-order valence-corrected chi connectivity index (χ2v) is 8.08. The summed E-state index contributed by atoms with van der Waals surface area (Å²) in [6.07, 6.45) is 4.09. The molecule has 0 radical (unpaired) electrons. The fraction of sp³-hybridized carbons (Fsp3) is 0.625. The van der Waals surface area contributed by atoms with E-state index in [9.17, 15) is 9.59 Å². The summed E-state index contributed by atoms with van der Waals surface area (Å²) in [5.41, 5.74) is 0.951. The average molecular weight is 449 g/mol. The topological polar surface area (TPSA) is 74.7 Å². The van der Waals surface area contributed by atoms with Crippen LogP contribution in [0.3, 0.4) is 0 Å². The van der Waals surface area contributed by atoms with E-state index in [0.717, 1.165) is 43.6 Å². The van der Waals surface area contributed by atoms with Gasteiger partial charge in [-0.1, -0.05) is 25.5 Å². The van der Waals surface area contributed by atoms with Crippen LogP contribution in [0.4, 0.5) is 0 Å². The van der Waals surface area contributed by atoms with Crippen molar-refractivity contribution in [1.29, 1.82) is 0 Å². The molecular formula is C24H40N4O4. The quantitative estimate of drug-likeness (QED) is 0.247. The van der Waals surface area contributed by atoms with Crippen molar-refractivity contribution in [3.05, 3.63) is 29.8 Å². The maximum atomic E-state index is 12.9. The Balaban J connectivity index is 2.77. The maximum Gasteiger partial charge on any atom is 0.343 e. The lowest BCUT2D eigenvalue weighted by Gasteiger charge is -2.27. The molecule has 0 aliphatic carbocycles. The van der Waals surface area contributed by atoms with Crippen LogP contribution in [0, 0.1) is 0 Å². The number of unbranched alkanes of at least 4 members (excludes halogenated alkanes) is 1. The molecule has 0 aliphatic rings. The Kier molecular flexibility index (Phi) is 13.1. The molecule has 1 rings (SSSR count). The standard InChI is InChI=1S/C24H40N4O4/c1-7-8-13-22(25-2)27(5)14-10-15-28(23(29)18-26(3)4)17-20-11-9-12-21(16-20)32-19-24(30)31-6/h9,11-12,16H,7-8,10,13-15,17-19H2,1-6H3. The van der Waals surface area contributed by atoms with Gasteiger partial charge in [0.25, 0.3) is 0 Å². The third kappa shape index (κ3) is 10.6. The van der Waals surface area contributed by atoms with Gasteiger partial charge in [0.1, 0.15) is 5.75 Å². The number of hydrogen-bond acceptors (Lipinski definition) is 6. The Labute approximate surface area is 193 Å². The molecule has 0 fully saturated rings. The molecule has 0 atom stereocenters. The third-order valence-corrected chi connectivity index (χ3v) is 5.03. The zero-order valence-corrected chi connectivity index (χ0v) is 20.6. The lowest BCUT2D eigenvalue weighted by atomic mass is 10.2. The summed E-state index contributed by atoms with van der Waals surface area (Å²) in [6.45, 7) is 4.36. The highest BCUT2D eigenvalue weighted by atomic mass is 16.6. The Morgan fingerprint density at radius 2 is 1.84 bits per heavy atom. The maximum absolute atomic E-state index is 12.9. The van der Waals surface area contributed by atoms with Crippen molar-refractivity contribution in [2.24, 2.45) is 4.99 Å². The number of methoxy groups -OCH3 is 1. The van der Waals surface area contributed by atoms with Crippen LogP contribution in [-0.4, -0.2) is 94.0 Å². The van der Waals surface area contributed by atoms with Crippen LogP contribution in [0.2, 0.25) is 0 Å². The number of rotatable bonds is 14.